The highest BCUT2D eigenvalue weighted by Crippen LogP contribution is 2.37. The number of thioether (sulfide) groups is 1. The molecule has 0 spiro atoms. The van der Waals surface area contributed by atoms with E-state index in [4.69, 9.17) is 21.4 Å². The lowest BCUT2D eigenvalue weighted by molar-refractivity contribution is -0.139. The summed E-state index contributed by atoms with van der Waals surface area (Å²) in [6.45, 7) is 6.17. The molecule has 6 nitrogen and oxygen atoms in total. The second-order valence-corrected chi connectivity index (χ2v) is 8.41. The van der Waals surface area contributed by atoms with E-state index in [1.807, 2.05) is 31.2 Å². The van der Waals surface area contributed by atoms with Gasteiger partial charge in [0, 0.05) is 16.5 Å². The van der Waals surface area contributed by atoms with Crippen molar-refractivity contribution in [3.63, 3.8) is 0 Å². The molecule has 1 aliphatic rings. The minimum Gasteiger partial charge on any atom is -0.463 e. The first-order valence-electron chi connectivity index (χ1n) is 10.0. The lowest BCUT2D eigenvalue weighted by atomic mass is 9.96. The van der Waals surface area contributed by atoms with E-state index in [2.05, 4.69) is 17.2 Å². The Morgan fingerprint density at radius 1 is 1.31 bits per heavy atom. The average molecular weight is 435 g/mol. The van der Waals surface area contributed by atoms with E-state index in [1.165, 1.54) is 19.3 Å². The first-order valence-corrected chi connectivity index (χ1v) is 11.4. The number of fused-ring (bicyclic) bond motifs is 1. The van der Waals surface area contributed by atoms with E-state index in [1.54, 1.807) is 23.4 Å². The standard InChI is InChI=1S/C21H27ClN4O2S/c1-4-6-7-8-12-29-21-24-20-23-14(3)17(19(27)28-5-2)18(26(20)25-21)15-10-9-11-16(22)13-15/h9-11,13,18H,4-8,12H2,1-3H3,(H,23,24,25)/t18-/m0/s1. The molecule has 1 aromatic carbocycles. The summed E-state index contributed by atoms with van der Waals surface area (Å²) in [6, 6.07) is 7.04. The zero-order chi connectivity index (χ0) is 20.8. The third-order valence-electron chi connectivity index (χ3n) is 4.72. The van der Waals surface area contributed by atoms with Crippen LogP contribution in [-0.2, 0) is 9.53 Å². The van der Waals surface area contributed by atoms with Crippen molar-refractivity contribution in [3.05, 3.63) is 46.1 Å². The van der Waals surface area contributed by atoms with Gasteiger partial charge in [0.2, 0.25) is 11.1 Å². The van der Waals surface area contributed by atoms with Crippen LogP contribution in [0.15, 0.2) is 40.7 Å². The summed E-state index contributed by atoms with van der Waals surface area (Å²) in [4.78, 5) is 17.4. The van der Waals surface area contributed by atoms with E-state index in [0.717, 1.165) is 17.7 Å². The van der Waals surface area contributed by atoms with Crippen molar-refractivity contribution < 1.29 is 9.53 Å². The SMILES string of the molecule is CCCCCCSc1nc2n(n1)[C@@H](c1cccc(Cl)c1)C(C(=O)OCC)=C(C)N2. The minimum absolute atomic E-state index is 0.307. The van der Waals surface area contributed by atoms with Crippen molar-refractivity contribution >= 4 is 35.3 Å². The lowest BCUT2D eigenvalue weighted by Crippen LogP contribution is -2.29. The molecule has 0 saturated heterocycles. The number of rotatable bonds is 9. The van der Waals surface area contributed by atoms with Crippen molar-refractivity contribution in [2.75, 3.05) is 17.7 Å². The summed E-state index contributed by atoms with van der Waals surface area (Å²) >= 11 is 7.88. The highest BCUT2D eigenvalue weighted by Gasteiger charge is 2.35. The van der Waals surface area contributed by atoms with Gasteiger partial charge < -0.3 is 10.1 Å². The highest BCUT2D eigenvalue weighted by atomic mass is 35.5. The fraction of sp³-hybridized carbons (Fsp3) is 0.476. The number of hydrogen-bond acceptors (Lipinski definition) is 6. The van der Waals surface area contributed by atoms with Gasteiger partial charge in [0.1, 0.15) is 6.04 Å². The Labute approximate surface area is 181 Å². The number of anilines is 1. The Kier molecular flexibility index (Phi) is 7.61. The van der Waals surface area contributed by atoms with Crippen LogP contribution in [0.3, 0.4) is 0 Å². The zero-order valence-corrected chi connectivity index (χ0v) is 18.6. The van der Waals surface area contributed by atoms with Crippen LogP contribution in [0.25, 0.3) is 0 Å². The van der Waals surface area contributed by atoms with E-state index in [0.29, 0.717) is 34.0 Å². The van der Waals surface area contributed by atoms with Crippen LogP contribution in [0.5, 0.6) is 0 Å². The molecule has 156 valence electrons. The summed E-state index contributed by atoms with van der Waals surface area (Å²) < 4.78 is 7.08. The zero-order valence-electron chi connectivity index (χ0n) is 17.1. The Hall–Kier alpha value is -1.99. The van der Waals surface area contributed by atoms with Crippen LogP contribution in [0, 0.1) is 0 Å². The molecule has 29 heavy (non-hydrogen) atoms. The van der Waals surface area contributed by atoms with Gasteiger partial charge in [-0.15, -0.1) is 5.10 Å². The summed E-state index contributed by atoms with van der Waals surface area (Å²) in [5, 5.41) is 9.23. The molecule has 1 aromatic heterocycles. The molecule has 2 heterocycles. The molecule has 0 aliphatic carbocycles. The second-order valence-electron chi connectivity index (χ2n) is 6.91. The maximum absolute atomic E-state index is 12.7. The molecule has 0 saturated carbocycles. The first kappa shape index (κ1) is 21.7. The quantitative estimate of drug-likeness (QED) is 0.321. The van der Waals surface area contributed by atoms with Crippen LogP contribution < -0.4 is 5.32 Å². The number of esters is 1. The monoisotopic (exact) mass is 434 g/mol. The van der Waals surface area contributed by atoms with E-state index in [9.17, 15) is 4.79 Å². The Morgan fingerprint density at radius 2 is 2.14 bits per heavy atom. The van der Waals surface area contributed by atoms with Crippen LogP contribution in [-0.4, -0.2) is 33.1 Å². The van der Waals surface area contributed by atoms with E-state index < -0.39 is 6.04 Å². The number of nitrogens with one attached hydrogen (secondary N) is 1. The van der Waals surface area contributed by atoms with E-state index >= 15 is 0 Å². The van der Waals surface area contributed by atoms with Crippen molar-refractivity contribution in [3.8, 4) is 0 Å². The Balaban J connectivity index is 1.92. The van der Waals surface area contributed by atoms with Gasteiger partial charge in [-0.05, 0) is 38.0 Å². The predicted molar refractivity (Wildman–Crippen MR) is 117 cm³/mol. The van der Waals surface area contributed by atoms with Crippen molar-refractivity contribution in [1.29, 1.82) is 0 Å². The Bertz CT molecular complexity index is 897. The molecule has 0 bridgehead atoms. The summed E-state index contributed by atoms with van der Waals surface area (Å²) in [5.74, 6) is 1.23. The van der Waals surface area contributed by atoms with Crippen molar-refractivity contribution in [2.45, 2.75) is 57.7 Å². The number of ether oxygens (including phenoxy) is 1. The van der Waals surface area contributed by atoms with Crippen LogP contribution in [0.2, 0.25) is 5.02 Å². The van der Waals surface area contributed by atoms with Gasteiger partial charge in [0.25, 0.3) is 0 Å². The molecule has 8 heteroatoms. The largest absolute Gasteiger partial charge is 0.463 e. The average Bonchev–Trinajstić information content (AvgIpc) is 3.09. The van der Waals surface area contributed by atoms with Crippen molar-refractivity contribution in [2.24, 2.45) is 0 Å². The van der Waals surface area contributed by atoms with Gasteiger partial charge in [0.05, 0.1) is 12.2 Å². The molecule has 2 aromatic rings. The maximum Gasteiger partial charge on any atom is 0.338 e. The van der Waals surface area contributed by atoms with Crippen molar-refractivity contribution in [1.82, 2.24) is 14.8 Å². The molecular formula is C21H27ClN4O2S. The van der Waals surface area contributed by atoms with Crippen LogP contribution in [0.4, 0.5) is 5.95 Å². The van der Waals surface area contributed by atoms with Crippen LogP contribution in [0.1, 0.15) is 58.1 Å². The minimum atomic E-state index is -0.439. The third kappa shape index (κ3) is 5.14. The molecule has 1 aliphatic heterocycles. The normalized spacial score (nSPS) is 15.8. The maximum atomic E-state index is 12.7. The predicted octanol–water partition coefficient (Wildman–Crippen LogP) is 5.46. The first-order chi connectivity index (χ1) is 14.0. The topological polar surface area (TPSA) is 69.0 Å². The number of carbonyl (C=O) groups is 1. The third-order valence-corrected chi connectivity index (χ3v) is 5.88. The number of halogens is 1. The fourth-order valence-electron chi connectivity index (χ4n) is 3.34. The van der Waals surface area contributed by atoms with Gasteiger partial charge in [-0.1, -0.05) is 61.7 Å². The number of unbranched alkanes of at least 4 members (excludes halogenated alkanes) is 3. The Morgan fingerprint density at radius 3 is 2.86 bits per heavy atom. The fourth-order valence-corrected chi connectivity index (χ4v) is 4.37. The smallest absolute Gasteiger partial charge is 0.338 e. The van der Waals surface area contributed by atoms with E-state index in [-0.39, 0.29) is 5.97 Å². The van der Waals surface area contributed by atoms with Gasteiger partial charge in [-0.3, -0.25) is 0 Å². The number of hydrogen-bond donors (Lipinski definition) is 1. The van der Waals surface area contributed by atoms with Gasteiger partial charge in [0.15, 0.2) is 0 Å². The second kappa shape index (κ2) is 10.2. The molecule has 3 rings (SSSR count). The van der Waals surface area contributed by atoms with Gasteiger partial charge >= 0.3 is 5.97 Å². The number of allylic oxidation sites excluding steroid dienone is 1. The highest BCUT2D eigenvalue weighted by molar-refractivity contribution is 7.99. The number of benzene rings is 1. The summed E-state index contributed by atoms with van der Waals surface area (Å²) in [7, 11) is 0. The number of aromatic nitrogens is 3. The lowest BCUT2D eigenvalue weighted by Gasteiger charge is -2.28. The summed E-state index contributed by atoms with van der Waals surface area (Å²) in [5.41, 5.74) is 2.10. The molecule has 0 amide bonds. The van der Waals surface area contributed by atoms with Gasteiger partial charge in [-0.25, -0.2) is 9.48 Å². The molecular weight excluding hydrogens is 408 g/mol. The number of carbonyl (C=O) groups excluding carboxylic acids is 1. The molecule has 1 N–H and O–H groups in total. The molecule has 1 atom stereocenters. The number of nitrogens with zero attached hydrogens (tertiary/aromatic N) is 3. The molecule has 0 radical (unpaired) electrons. The van der Waals surface area contributed by atoms with Crippen LogP contribution >= 0.6 is 23.4 Å². The molecule has 0 unspecified atom stereocenters. The molecule has 0 fully saturated rings. The van der Waals surface area contributed by atoms with Gasteiger partial charge in [-0.2, -0.15) is 4.98 Å². The summed E-state index contributed by atoms with van der Waals surface area (Å²) in [6.07, 6.45) is 4.82.